The average Bonchev–Trinajstić information content (AvgIpc) is 3.04. The van der Waals surface area contributed by atoms with Gasteiger partial charge in [-0.05, 0) is 148 Å². The molecule has 0 spiro atoms. The van der Waals surface area contributed by atoms with Crippen molar-refractivity contribution in [1.82, 2.24) is 0 Å². The van der Waals surface area contributed by atoms with Crippen LogP contribution in [0.1, 0.15) is 200 Å². The third-order valence-electron chi connectivity index (χ3n) is 8.53. The average molecular weight is 628 g/mol. The van der Waals surface area contributed by atoms with Gasteiger partial charge in [0.05, 0.1) is 0 Å². The molecule has 0 unspecified atom stereocenters. The number of carbonyl (C=O) groups excluding carboxylic acids is 1. The first kappa shape index (κ1) is 43.4. The fourth-order valence-corrected chi connectivity index (χ4v) is 5.56. The summed E-state index contributed by atoms with van der Waals surface area (Å²) < 4.78 is 5.93. The summed E-state index contributed by atoms with van der Waals surface area (Å²) >= 11 is 0. The summed E-state index contributed by atoms with van der Waals surface area (Å²) in [6.45, 7) is 5.17. The second kappa shape index (κ2) is 38.6. The summed E-state index contributed by atoms with van der Waals surface area (Å²) in [6, 6.07) is 0. The largest absolute Gasteiger partial charge is 0.462 e. The van der Waals surface area contributed by atoms with Crippen LogP contribution in [0.4, 0.5) is 0 Å². The molecule has 0 aromatic carbocycles. The molecule has 45 heavy (non-hydrogen) atoms. The van der Waals surface area contributed by atoms with Crippen molar-refractivity contribution in [3.63, 3.8) is 0 Å². The highest BCUT2D eigenvalue weighted by Gasteiger charge is 2.14. The van der Waals surface area contributed by atoms with Crippen LogP contribution in [0, 0.1) is 0 Å². The Labute approximate surface area is 282 Å². The van der Waals surface area contributed by atoms with E-state index in [0.717, 1.165) is 38.5 Å². The molecular formula is C42H77NO2. The molecule has 0 aliphatic rings. The summed E-state index contributed by atoms with van der Waals surface area (Å²) in [5.41, 5.74) is 5.60. The van der Waals surface area contributed by atoms with E-state index in [-0.39, 0.29) is 12.1 Å². The Morgan fingerprint density at radius 1 is 0.467 bits per heavy atom. The van der Waals surface area contributed by atoms with Crippen LogP contribution in [0.15, 0.2) is 48.6 Å². The Morgan fingerprint density at radius 3 is 1.13 bits per heavy atom. The highest BCUT2D eigenvalue weighted by molar-refractivity contribution is 5.69. The van der Waals surface area contributed by atoms with Crippen LogP contribution in [-0.4, -0.2) is 18.6 Å². The van der Waals surface area contributed by atoms with Gasteiger partial charge in [0.25, 0.3) is 0 Å². The van der Waals surface area contributed by atoms with Crippen molar-refractivity contribution in [2.24, 2.45) is 5.73 Å². The van der Waals surface area contributed by atoms with E-state index < -0.39 is 0 Å². The Balaban J connectivity index is 3.98. The van der Waals surface area contributed by atoms with Crippen molar-refractivity contribution in [1.29, 1.82) is 0 Å². The van der Waals surface area contributed by atoms with Crippen LogP contribution in [0.5, 0.6) is 0 Å². The normalized spacial score (nSPS) is 12.3. The van der Waals surface area contributed by atoms with Gasteiger partial charge < -0.3 is 10.5 Å². The molecule has 0 aliphatic carbocycles. The standard InChI is InChI=1S/C42H77NO2/c1-3-5-7-9-11-13-15-17-19-21-23-25-27-29-31-33-37-41(45-42(44)39-35-36-40-43)38-34-32-30-28-26-24-22-20-18-16-14-12-10-8-6-4-2/h11-14,23-26,41H,3-10,15-22,27-40,43H2,1-2H3/b13-11-,14-12-,25-23-,26-24-. The molecular weight excluding hydrogens is 550 g/mol. The molecule has 3 heteroatoms. The van der Waals surface area contributed by atoms with Gasteiger partial charge in [0, 0.05) is 6.42 Å². The lowest BCUT2D eigenvalue weighted by Crippen LogP contribution is -2.18. The smallest absolute Gasteiger partial charge is 0.306 e. The van der Waals surface area contributed by atoms with E-state index in [1.54, 1.807) is 0 Å². The summed E-state index contributed by atoms with van der Waals surface area (Å²) in [7, 11) is 0. The van der Waals surface area contributed by atoms with E-state index in [9.17, 15) is 4.79 Å². The monoisotopic (exact) mass is 628 g/mol. The van der Waals surface area contributed by atoms with Gasteiger partial charge in [-0.2, -0.15) is 0 Å². The maximum Gasteiger partial charge on any atom is 0.306 e. The molecule has 0 amide bonds. The van der Waals surface area contributed by atoms with Crippen LogP contribution in [-0.2, 0) is 9.53 Å². The minimum absolute atomic E-state index is 0.0294. The maximum absolute atomic E-state index is 12.4. The lowest BCUT2D eigenvalue weighted by atomic mass is 10.0. The van der Waals surface area contributed by atoms with Gasteiger partial charge in [0.15, 0.2) is 0 Å². The number of ether oxygens (including phenoxy) is 1. The zero-order chi connectivity index (χ0) is 32.7. The van der Waals surface area contributed by atoms with E-state index >= 15 is 0 Å². The van der Waals surface area contributed by atoms with E-state index in [2.05, 4.69) is 62.5 Å². The van der Waals surface area contributed by atoms with Crippen LogP contribution in [0.2, 0.25) is 0 Å². The second-order valence-electron chi connectivity index (χ2n) is 13.1. The predicted molar refractivity (Wildman–Crippen MR) is 201 cm³/mol. The molecule has 262 valence electrons. The van der Waals surface area contributed by atoms with Crippen LogP contribution in [0.3, 0.4) is 0 Å². The van der Waals surface area contributed by atoms with Gasteiger partial charge in [-0.3, -0.25) is 4.79 Å². The fourth-order valence-electron chi connectivity index (χ4n) is 5.56. The Hall–Kier alpha value is -1.61. The van der Waals surface area contributed by atoms with Crippen LogP contribution < -0.4 is 5.73 Å². The van der Waals surface area contributed by atoms with Crippen molar-refractivity contribution < 1.29 is 9.53 Å². The predicted octanol–water partition coefficient (Wildman–Crippen LogP) is 13.4. The second-order valence-corrected chi connectivity index (χ2v) is 13.1. The van der Waals surface area contributed by atoms with Crippen LogP contribution >= 0.6 is 0 Å². The minimum Gasteiger partial charge on any atom is -0.462 e. The van der Waals surface area contributed by atoms with Crippen molar-refractivity contribution >= 4 is 5.97 Å². The van der Waals surface area contributed by atoms with E-state index in [1.165, 1.54) is 141 Å². The summed E-state index contributed by atoms with van der Waals surface area (Å²) in [6.07, 6.45) is 53.4. The molecule has 0 aliphatic heterocycles. The highest BCUT2D eigenvalue weighted by atomic mass is 16.5. The molecule has 0 radical (unpaired) electrons. The lowest BCUT2D eigenvalue weighted by molar-refractivity contribution is -0.150. The lowest BCUT2D eigenvalue weighted by Gasteiger charge is -2.18. The number of hydrogen-bond donors (Lipinski definition) is 1. The number of carbonyl (C=O) groups is 1. The number of esters is 1. The SMILES string of the molecule is CCCCC/C=C\CCCC/C=C\CCCCCC(CCCCC/C=C\CCCC/C=C\CCCCC)OC(=O)CCCCN. The van der Waals surface area contributed by atoms with E-state index in [1.807, 2.05) is 0 Å². The van der Waals surface area contributed by atoms with Gasteiger partial charge in [0.1, 0.15) is 6.10 Å². The molecule has 0 aromatic heterocycles. The minimum atomic E-state index is -0.0294. The third-order valence-corrected chi connectivity index (χ3v) is 8.53. The molecule has 0 saturated carbocycles. The Bertz CT molecular complexity index is 659. The number of allylic oxidation sites excluding steroid dienone is 8. The van der Waals surface area contributed by atoms with Gasteiger partial charge in [-0.1, -0.05) is 101 Å². The summed E-state index contributed by atoms with van der Waals surface area (Å²) in [5.74, 6) is -0.0294. The molecule has 0 bridgehead atoms. The Kier molecular flexibility index (Phi) is 37.2. The van der Waals surface area contributed by atoms with Crippen molar-refractivity contribution in [2.75, 3.05) is 6.54 Å². The van der Waals surface area contributed by atoms with E-state index in [4.69, 9.17) is 10.5 Å². The third kappa shape index (κ3) is 36.7. The first-order valence-electron chi connectivity index (χ1n) is 19.7. The van der Waals surface area contributed by atoms with Crippen molar-refractivity contribution in [3.05, 3.63) is 48.6 Å². The van der Waals surface area contributed by atoms with Gasteiger partial charge >= 0.3 is 5.97 Å². The highest BCUT2D eigenvalue weighted by Crippen LogP contribution is 2.17. The molecule has 0 aromatic rings. The summed E-state index contributed by atoms with van der Waals surface area (Å²) in [4.78, 5) is 12.4. The first-order chi connectivity index (χ1) is 22.2. The molecule has 0 saturated heterocycles. The van der Waals surface area contributed by atoms with Crippen LogP contribution in [0.25, 0.3) is 0 Å². The quantitative estimate of drug-likeness (QED) is 0.0432. The topological polar surface area (TPSA) is 52.3 Å². The number of hydrogen-bond acceptors (Lipinski definition) is 3. The zero-order valence-corrected chi connectivity index (χ0v) is 30.3. The van der Waals surface area contributed by atoms with Gasteiger partial charge in [-0.15, -0.1) is 0 Å². The number of rotatable bonds is 35. The first-order valence-corrected chi connectivity index (χ1v) is 19.7. The van der Waals surface area contributed by atoms with E-state index in [0.29, 0.717) is 13.0 Å². The number of nitrogens with two attached hydrogens (primary N) is 1. The molecule has 3 nitrogen and oxygen atoms in total. The molecule has 2 N–H and O–H groups in total. The molecule has 0 atom stereocenters. The number of unbranched alkanes of at least 4 members (excludes halogenated alkanes) is 19. The summed E-state index contributed by atoms with van der Waals surface area (Å²) in [5, 5.41) is 0. The zero-order valence-electron chi connectivity index (χ0n) is 30.3. The Morgan fingerprint density at radius 2 is 0.800 bits per heavy atom. The van der Waals surface area contributed by atoms with Gasteiger partial charge in [0.2, 0.25) is 0 Å². The maximum atomic E-state index is 12.4. The molecule has 0 heterocycles. The van der Waals surface area contributed by atoms with Crippen molar-refractivity contribution in [2.45, 2.75) is 206 Å². The fraction of sp³-hybridized carbons (Fsp3) is 0.786. The molecule has 0 fully saturated rings. The van der Waals surface area contributed by atoms with Crippen molar-refractivity contribution in [3.8, 4) is 0 Å². The molecule has 0 rings (SSSR count). The van der Waals surface area contributed by atoms with Gasteiger partial charge in [-0.25, -0.2) is 0 Å².